The van der Waals surface area contributed by atoms with Crippen molar-refractivity contribution in [2.24, 2.45) is 4.99 Å². The second-order valence-electron chi connectivity index (χ2n) is 2.42. The van der Waals surface area contributed by atoms with E-state index in [2.05, 4.69) is 4.99 Å². The van der Waals surface area contributed by atoms with Crippen LogP contribution < -0.4 is 0 Å². The van der Waals surface area contributed by atoms with E-state index in [-0.39, 0.29) is 33.6 Å². The van der Waals surface area contributed by atoms with Gasteiger partial charge in [-0.15, -0.1) is 4.99 Å². The van der Waals surface area contributed by atoms with E-state index in [1.807, 2.05) is 0 Å². The smallest absolute Gasteiger partial charge is 0.287 e. The Morgan fingerprint density at radius 3 is 2.50 bits per heavy atom. The van der Waals surface area contributed by atoms with E-state index in [0.717, 1.165) is 18.4 Å². The van der Waals surface area contributed by atoms with Gasteiger partial charge in [-0.2, -0.15) is 5.26 Å². The first-order chi connectivity index (χ1) is 8.06. The van der Waals surface area contributed by atoms with Crippen LogP contribution in [0.15, 0.2) is 29.3 Å². The number of aliphatic imine (C=N–C) groups is 1. The van der Waals surface area contributed by atoms with Gasteiger partial charge in [0.15, 0.2) is 0 Å². The molecule has 0 saturated carbocycles. The summed E-state index contributed by atoms with van der Waals surface area (Å²) < 4.78 is 0. The Morgan fingerprint density at radius 2 is 2.06 bits per heavy atom. The predicted molar refractivity (Wildman–Crippen MR) is 53.1 cm³/mol. The molecular weight excluding hydrogens is 338 g/mol. The fraction of sp³-hybridized carbons (Fsp3) is 0. The minimum absolute atomic E-state index is 0. The number of nitrogens with zero attached hydrogens (tertiary/aromatic N) is 3. The van der Waals surface area contributed by atoms with Gasteiger partial charge in [-0.05, 0) is 6.07 Å². The largest absolute Gasteiger partial charge is 0.443 e. The zero-order chi connectivity index (χ0) is 13.3. The number of nitro benzene ring substituents is 1. The number of benzene rings is 1. The van der Waals surface area contributed by atoms with Crippen molar-refractivity contribution in [2.45, 2.75) is 0 Å². The first-order valence-electron chi connectivity index (χ1n) is 3.96. The van der Waals surface area contributed by atoms with Crippen molar-refractivity contribution in [2.75, 3.05) is 0 Å². The van der Waals surface area contributed by atoms with Crippen LogP contribution in [0.25, 0.3) is 0 Å². The topological polar surface area (TPSA) is 134 Å². The molecule has 0 fully saturated rings. The molecule has 0 heterocycles. The summed E-state index contributed by atoms with van der Waals surface area (Å²) in [7, 11) is 0. The Bertz CT molecular complexity index is 519. The number of isocyanates is 1. The molecule has 0 aliphatic carbocycles. The molecular formula is C9H5AgN3O5. The van der Waals surface area contributed by atoms with E-state index in [1.165, 1.54) is 18.2 Å². The minimum atomic E-state index is -0.844. The second kappa shape index (κ2) is 9.89. The minimum Gasteiger partial charge on any atom is -0.443 e. The van der Waals surface area contributed by atoms with Crippen LogP contribution in [0.4, 0.5) is 5.69 Å². The fourth-order valence-corrected chi connectivity index (χ4v) is 0.859. The van der Waals surface area contributed by atoms with Gasteiger partial charge in [0.2, 0.25) is 6.08 Å². The van der Waals surface area contributed by atoms with E-state index >= 15 is 0 Å². The zero-order valence-electron chi connectivity index (χ0n) is 8.53. The van der Waals surface area contributed by atoms with Crippen molar-refractivity contribution in [3.05, 3.63) is 39.9 Å². The van der Waals surface area contributed by atoms with Crippen LogP contribution in [0.5, 0.6) is 0 Å². The molecule has 0 aromatic heterocycles. The quantitative estimate of drug-likeness (QED) is 0.212. The number of aliphatic hydroxyl groups excluding tert-OH is 1. The maximum absolute atomic E-state index is 11.0. The number of nitriles is 1. The summed E-state index contributed by atoms with van der Waals surface area (Å²) >= 11 is 0. The monoisotopic (exact) mass is 342 g/mol. The number of non-ortho nitro benzene ring substituents is 1. The van der Waals surface area contributed by atoms with Gasteiger partial charge >= 0.3 is 0 Å². The molecule has 1 rings (SSSR count). The molecule has 0 aliphatic rings. The summed E-state index contributed by atoms with van der Waals surface area (Å²) in [5, 5.41) is 24.1. The summed E-state index contributed by atoms with van der Waals surface area (Å²) in [5.41, 5.74) is -0.237. The number of amides is 1. The van der Waals surface area contributed by atoms with E-state index in [1.54, 1.807) is 0 Å². The van der Waals surface area contributed by atoms with Gasteiger partial charge in [-0.3, -0.25) is 14.9 Å². The van der Waals surface area contributed by atoms with Crippen molar-refractivity contribution in [1.82, 2.24) is 0 Å². The Morgan fingerprint density at radius 1 is 1.50 bits per heavy atom. The number of carbonyl (C=O) groups excluding carboxylic acids is 2. The first kappa shape index (κ1) is 18.1. The van der Waals surface area contributed by atoms with E-state index in [9.17, 15) is 19.7 Å². The zero-order valence-corrected chi connectivity index (χ0v) is 10.0. The summed E-state index contributed by atoms with van der Waals surface area (Å²) in [6, 6.07) is 4.95. The van der Waals surface area contributed by atoms with E-state index in [0.29, 0.717) is 0 Å². The Balaban J connectivity index is 0. The molecule has 0 bridgehead atoms. The second-order valence-corrected chi connectivity index (χ2v) is 2.42. The average molecular weight is 343 g/mol. The number of carbonyl (C=O) groups is 1. The average Bonchev–Trinajstić information content (AvgIpc) is 2.30. The molecule has 8 nitrogen and oxygen atoms in total. The molecule has 1 amide bonds. The molecule has 0 unspecified atom stereocenters. The SMILES string of the molecule is N#CO.O=C=NC(=O)c1cccc([N+](=O)[O-])c1.[Ag]. The van der Waals surface area contributed by atoms with Crippen LogP contribution in [0, 0.1) is 21.6 Å². The van der Waals surface area contributed by atoms with Gasteiger partial charge in [0.1, 0.15) is 0 Å². The van der Waals surface area contributed by atoms with Gasteiger partial charge in [-0.1, -0.05) is 6.07 Å². The van der Waals surface area contributed by atoms with Gasteiger partial charge in [0.25, 0.3) is 17.8 Å². The standard InChI is InChI=1S/C8H4N2O4.CHNO.Ag/c11-5-9-8(12)6-2-1-3-7(4-6)10(13)14;2-1-3;/h1-4H;3H;. The number of rotatable bonds is 2. The van der Waals surface area contributed by atoms with Gasteiger partial charge < -0.3 is 5.11 Å². The third-order valence-electron chi connectivity index (χ3n) is 1.45. The molecule has 0 spiro atoms. The van der Waals surface area contributed by atoms with Gasteiger partial charge in [0.05, 0.1) is 4.92 Å². The summed E-state index contributed by atoms with van der Waals surface area (Å²) in [6.07, 6.45) is 1.82. The molecule has 1 N–H and O–H groups in total. The Hall–Kier alpha value is -2.30. The summed E-state index contributed by atoms with van der Waals surface area (Å²) in [4.78, 5) is 33.2. The fourth-order valence-electron chi connectivity index (χ4n) is 0.859. The number of hydrogen-bond acceptors (Lipinski definition) is 6. The molecule has 1 aromatic carbocycles. The van der Waals surface area contributed by atoms with Crippen molar-refractivity contribution in [1.29, 1.82) is 5.26 Å². The molecule has 97 valence electrons. The number of hydrogen-bond donors (Lipinski definition) is 1. The summed E-state index contributed by atoms with van der Waals surface area (Å²) in [6.45, 7) is 0. The van der Waals surface area contributed by atoms with Crippen LogP contribution in [0.2, 0.25) is 0 Å². The molecule has 0 atom stereocenters. The number of aliphatic hydroxyl groups is 1. The molecule has 0 aliphatic heterocycles. The third-order valence-corrected chi connectivity index (χ3v) is 1.45. The van der Waals surface area contributed by atoms with E-state index in [4.69, 9.17) is 10.4 Å². The van der Waals surface area contributed by atoms with Crippen LogP contribution in [-0.4, -0.2) is 22.0 Å². The molecule has 18 heavy (non-hydrogen) atoms. The first-order valence-corrected chi connectivity index (χ1v) is 3.96. The predicted octanol–water partition coefficient (Wildman–Crippen LogP) is 0.908. The van der Waals surface area contributed by atoms with Crippen LogP contribution in [-0.2, 0) is 27.2 Å². The van der Waals surface area contributed by atoms with E-state index < -0.39 is 10.8 Å². The Labute approximate surface area is 116 Å². The molecule has 0 saturated heterocycles. The maximum Gasteiger partial charge on any atom is 0.287 e. The van der Waals surface area contributed by atoms with Crippen LogP contribution >= 0.6 is 0 Å². The molecule has 9 heteroatoms. The van der Waals surface area contributed by atoms with Crippen molar-refractivity contribution in [3.8, 4) is 6.26 Å². The molecule has 1 radical (unpaired) electrons. The van der Waals surface area contributed by atoms with Crippen molar-refractivity contribution in [3.63, 3.8) is 0 Å². The normalized spacial score (nSPS) is 7.28. The summed E-state index contributed by atoms with van der Waals surface area (Å²) in [5.74, 6) is -0.844. The van der Waals surface area contributed by atoms with Crippen molar-refractivity contribution < 1.29 is 42.0 Å². The van der Waals surface area contributed by atoms with Gasteiger partial charge in [-0.25, -0.2) is 4.79 Å². The third kappa shape index (κ3) is 6.32. The Kier molecular flexibility index (Phi) is 9.93. The van der Waals surface area contributed by atoms with Crippen LogP contribution in [0.3, 0.4) is 0 Å². The van der Waals surface area contributed by atoms with Gasteiger partial charge in [0, 0.05) is 40.1 Å². The number of nitro groups is 1. The maximum atomic E-state index is 11.0. The van der Waals surface area contributed by atoms with Crippen molar-refractivity contribution >= 4 is 17.7 Å². The van der Waals surface area contributed by atoms with Crippen LogP contribution in [0.1, 0.15) is 10.4 Å². The molecule has 1 aromatic rings.